The average molecular weight is 364 g/mol. The van der Waals surface area contributed by atoms with Crippen molar-refractivity contribution in [1.29, 1.82) is 0 Å². The number of likely N-dealkylation sites (tertiary alicyclic amines) is 1. The van der Waals surface area contributed by atoms with Gasteiger partial charge >= 0.3 is 0 Å². The van der Waals surface area contributed by atoms with Crippen LogP contribution in [0.5, 0.6) is 0 Å². The van der Waals surface area contributed by atoms with Gasteiger partial charge in [0.1, 0.15) is 11.6 Å². The van der Waals surface area contributed by atoms with Gasteiger partial charge in [0.15, 0.2) is 0 Å². The Morgan fingerprint density at radius 2 is 1.32 bits per heavy atom. The SMILES string of the molecule is CC(C)[C@H]1CCCCN1C(c1ccc(F)cc1)c1ccc(F)cc1.S. The maximum atomic E-state index is 13.4. The van der Waals surface area contributed by atoms with E-state index in [4.69, 9.17) is 0 Å². The molecule has 0 spiro atoms. The van der Waals surface area contributed by atoms with Crippen molar-refractivity contribution in [2.24, 2.45) is 5.92 Å². The normalized spacial score (nSPS) is 18.4. The number of rotatable bonds is 4. The second kappa shape index (κ2) is 8.81. The minimum absolute atomic E-state index is 0. The Morgan fingerprint density at radius 1 is 0.840 bits per heavy atom. The highest BCUT2D eigenvalue weighted by Crippen LogP contribution is 2.36. The molecule has 1 nitrogen and oxygen atoms in total. The molecule has 1 aliphatic heterocycles. The van der Waals surface area contributed by atoms with Gasteiger partial charge in [-0.25, -0.2) is 8.78 Å². The van der Waals surface area contributed by atoms with Crippen LogP contribution in [0, 0.1) is 17.6 Å². The molecule has 0 saturated carbocycles. The van der Waals surface area contributed by atoms with Gasteiger partial charge in [0.25, 0.3) is 0 Å². The Hall–Kier alpha value is -1.39. The van der Waals surface area contributed by atoms with Gasteiger partial charge in [0.05, 0.1) is 6.04 Å². The van der Waals surface area contributed by atoms with Gasteiger partial charge in [-0.15, -0.1) is 0 Å². The zero-order valence-electron chi connectivity index (χ0n) is 14.9. The minimum Gasteiger partial charge on any atom is -0.289 e. The van der Waals surface area contributed by atoms with Crippen LogP contribution in [0.1, 0.15) is 50.3 Å². The first-order valence-corrected chi connectivity index (χ1v) is 8.83. The molecule has 0 aromatic heterocycles. The van der Waals surface area contributed by atoms with Crippen molar-refractivity contribution in [3.8, 4) is 0 Å². The molecule has 0 amide bonds. The molecular formula is C21H27F2NS. The van der Waals surface area contributed by atoms with Crippen LogP contribution in [-0.2, 0) is 0 Å². The van der Waals surface area contributed by atoms with Crippen molar-refractivity contribution in [3.63, 3.8) is 0 Å². The number of benzene rings is 2. The van der Waals surface area contributed by atoms with Crippen LogP contribution in [0.15, 0.2) is 48.5 Å². The predicted molar refractivity (Wildman–Crippen MR) is 104 cm³/mol. The summed E-state index contributed by atoms with van der Waals surface area (Å²) in [6.07, 6.45) is 3.59. The number of halogens is 2. The highest BCUT2D eigenvalue weighted by molar-refractivity contribution is 7.59. The number of hydrogen-bond donors (Lipinski definition) is 0. The quantitative estimate of drug-likeness (QED) is 0.676. The Labute approximate surface area is 156 Å². The van der Waals surface area contributed by atoms with Crippen LogP contribution in [0.2, 0.25) is 0 Å². The number of nitrogens with zero attached hydrogens (tertiary/aromatic N) is 1. The van der Waals surface area contributed by atoms with Gasteiger partial charge in [-0.05, 0) is 60.7 Å². The van der Waals surface area contributed by atoms with Crippen LogP contribution >= 0.6 is 13.5 Å². The third-order valence-corrected chi connectivity index (χ3v) is 5.06. The molecule has 4 heteroatoms. The third kappa shape index (κ3) is 4.62. The minimum atomic E-state index is -0.226. The second-order valence-corrected chi connectivity index (χ2v) is 7.05. The van der Waals surface area contributed by atoms with Gasteiger partial charge < -0.3 is 0 Å². The lowest BCUT2D eigenvalue weighted by Gasteiger charge is -2.43. The molecule has 3 rings (SSSR count). The fraction of sp³-hybridized carbons (Fsp3) is 0.429. The van der Waals surface area contributed by atoms with E-state index in [9.17, 15) is 8.78 Å². The third-order valence-electron chi connectivity index (χ3n) is 5.06. The molecule has 1 heterocycles. The van der Waals surface area contributed by atoms with Crippen LogP contribution in [0.4, 0.5) is 8.78 Å². The van der Waals surface area contributed by atoms with Crippen molar-refractivity contribution < 1.29 is 8.78 Å². The summed E-state index contributed by atoms with van der Waals surface area (Å²) in [6.45, 7) is 5.53. The summed E-state index contributed by atoms with van der Waals surface area (Å²) in [6, 6.07) is 14.0. The number of piperidine rings is 1. The number of hydrogen-bond acceptors (Lipinski definition) is 1. The molecule has 0 bridgehead atoms. The van der Waals surface area contributed by atoms with E-state index in [1.165, 1.54) is 43.5 Å². The van der Waals surface area contributed by atoms with Gasteiger partial charge in [0.2, 0.25) is 0 Å². The summed E-state index contributed by atoms with van der Waals surface area (Å²) >= 11 is 0. The standard InChI is InChI=1S/C21H25F2N.H2S/c1-15(2)20-5-3-4-14-24(20)21(16-6-10-18(22)11-7-16)17-8-12-19(23)13-9-17;/h6-13,15,20-21H,3-5,14H2,1-2H3;1H2/t20-;/m1./s1. The van der Waals surface area contributed by atoms with E-state index in [0.717, 1.165) is 17.7 Å². The molecule has 2 aromatic carbocycles. The van der Waals surface area contributed by atoms with Crippen LogP contribution in [-0.4, -0.2) is 17.5 Å². The summed E-state index contributed by atoms with van der Waals surface area (Å²) in [5.74, 6) is 0.0972. The van der Waals surface area contributed by atoms with Gasteiger partial charge in [-0.2, -0.15) is 13.5 Å². The maximum Gasteiger partial charge on any atom is 0.123 e. The zero-order chi connectivity index (χ0) is 17.1. The molecule has 1 saturated heterocycles. The van der Waals surface area contributed by atoms with E-state index in [0.29, 0.717) is 12.0 Å². The molecule has 0 radical (unpaired) electrons. The molecule has 0 aliphatic carbocycles. The van der Waals surface area contributed by atoms with E-state index < -0.39 is 0 Å². The van der Waals surface area contributed by atoms with Gasteiger partial charge in [-0.1, -0.05) is 44.5 Å². The first-order chi connectivity index (χ1) is 11.6. The molecular weight excluding hydrogens is 336 g/mol. The Morgan fingerprint density at radius 3 is 1.76 bits per heavy atom. The summed E-state index contributed by atoms with van der Waals surface area (Å²) in [7, 11) is 0. The Kier molecular flexibility index (Phi) is 7.03. The largest absolute Gasteiger partial charge is 0.289 e. The summed E-state index contributed by atoms with van der Waals surface area (Å²) in [5, 5.41) is 0. The van der Waals surface area contributed by atoms with E-state index in [1.54, 1.807) is 0 Å². The van der Waals surface area contributed by atoms with E-state index in [1.807, 2.05) is 24.3 Å². The maximum absolute atomic E-state index is 13.4. The van der Waals surface area contributed by atoms with Crippen molar-refractivity contribution in [3.05, 3.63) is 71.3 Å². The Balaban J connectivity index is 0.00000225. The van der Waals surface area contributed by atoms with Gasteiger partial charge in [-0.3, -0.25) is 4.90 Å². The van der Waals surface area contributed by atoms with Crippen molar-refractivity contribution >= 4 is 13.5 Å². The van der Waals surface area contributed by atoms with E-state index in [2.05, 4.69) is 18.7 Å². The fourth-order valence-electron chi connectivity index (χ4n) is 3.88. The van der Waals surface area contributed by atoms with E-state index in [-0.39, 0.29) is 31.2 Å². The highest BCUT2D eigenvalue weighted by Gasteiger charge is 2.32. The molecule has 1 atom stereocenters. The predicted octanol–water partition coefficient (Wildman–Crippen LogP) is 5.68. The van der Waals surface area contributed by atoms with Crippen LogP contribution < -0.4 is 0 Å². The molecule has 0 unspecified atom stereocenters. The lowest BCUT2D eigenvalue weighted by molar-refractivity contribution is 0.0815. The summed E-state index contributed by atoms with van der Waals surface area (Å²) in [5.41, 5.74) is 2.13. The first kappa shape index (κ1) is 19.9. The molecule has 136 valence electrons. The molecule has 2 aromatic rings. The van der Waals surface area contributed by atoms with Crippen LogP contribution in [0.3, 0.4) is 0 Å². The first-order valence-electron chi connectivity index (χ1n) is 8.83. The van der Waals surface area contributed by atoms with Gasteiger partial charge in [0, 0.05) is 6.04 Å². The molecule has 1 fully saturated rings. The second-order valence-electron chi connectivity index (χ2n) is 7.05. The van der Waals surface area contributed by atoms with Crippen LogP contribution in [0.25, 0.3) is 0 Å². The van der Waals surface area contributed by atoms with E-state index >= 15 is 0 Å². The Bertz CT molecular complexity index is 609. The average Bonchev–Trinajstić information content (AvgIpc) is 2.59. The van der Waals surface area contributed by atoms with Crippen molar-refractivity contribution in [2.75, 3.05) is 6.54 Å². The van der Waals surface area contributed by atoms with Crippen molar-refractivity contribution in [2.45, 2.75) is 45.2 Å². The lowest BCUT2D eigenvalue weighted by atomic mass is 9.87. The fourth-order valence-corrected chi connectivity index (χ4v) is 3.88. The molecule has 1 aliphatic rings. The lowest BCUT2D eigenvalue weighted by Crippen LogP contribution is -2.45. The topological polar surface area (TPSA) is 3.24 Å². The molecule has 25 heavy (non-hydrogen) atoms. The zero-order valence-corrected chi connectivity index (χ0v) is 15.9. The smallest absolute Gasteiger partial charge is 0.123 e. The molecule has 0 N–H and O–H groups in total. The summed E-state index contributed by atoms with van der Waals surface area (Å²) in [4.78, 5) is 2.52. The summed E-state index contributed by atoms with van der Waals surface area (Å²) < 4.78 is 26.8. The monoisotopic (exact) mass is 363 g/mol. The highest BCUT2D eigenvalue weighted by atomic mass is 32.1. The van der Waals surface area contributed by atoms with Crippen molar-refractivity contribution in [1.82, 2.24) is 4.90 Å².